The van der Waals surface area contributed by atoms with Crippen LogP contribution in [0.15, 0.2) is 18.2 Å². The molecule has 1 aliphatic rings. The summed E-state index contributed by atoms with van der Waals surface area (Å²) < 4.78 is 42.9. The van der Waals surface area contributed by atoms with Gasteiger partial charge in [-0.05, 0) is 49.4 Å². The van der Waals surface area contributed by atoms with E-state index in [9.17, 15) is 13.2 Å². The van der Waals surface area contributed by atoms with Crippen molar-refractivity contribution in [3.63, 3.8) is 0 Å². The molecule has 4 heteroatoms. The Bertz CT molecular complexity index is 380. The maximum atomic E-state index is 12.5. The number of aryl methyl sites for hydroxylation is 1. The summed E-state index contributed by atoms with van der Waals surface area (Å²) in [7, 11) is 0. The van der Waals surface area contributed by atoms with Crippen molar-refractivity contribution in [3.8, 4) is 5.75 Å². The average Bonchev–Trinajstić information content (AvgIpc) is 2.96. The van der Waals surface area contributed by atoms with Crippen LogP contribution in [-0.4, -0.2) is 6.61 Å². The second-order valence-corrected chi connectivity index (χ2v) is 4.29. The van der Waals surface area contributed by atoms with Crippen LogP contribution in [0.25, 0.3) is 0 Å². The fraction of sp³-hybridized carbons (Fsp3) is 0.500. The Kier molecular flexibility index (Phi) is 2.82. The van der Waals surface area contributed by atoms with Crippen molar-refractivity contribution < 1.29 is 17.9 Å². The van der Waals surface area contributed by atoms with Crippen molar-refractivity contribution in [1.82, 2.24) is 0 Å². The van der Waals surface area contributed by atoms with E-state index in [4.69, 9.17) is 4.74 Å². The molecule has 0 aliphatic heterocycles. The quantitative estimate of drug-likeness (QED) is 0.767. The maximum Gasteiger partial charge on any atom is 0.416 e. The van der Waals surface area contributed by atoms with Gasteiger partial charge in [-0.2, -0.15) is 13.2 Å². The fourth-order valence-corrected chi connectivity index (χ4v) is 1.49. The van der Waals surface area contributed by atoms with E-state index in [0.29, 0.717) is 23.8 Å². The first-order valence-electron chi connectivity index (χ1n) is 5.27. The van der Waals surface area contributed by atoms with Gasteiger partial charge < -0.3 is 4.74 Å². The zero-order chi connectivity index (χ0) is 11.8. The van der Waals surface area contributed by atoms with Gasteiger partial charge in [0.05, 0.1) is 12.2 Å². The highest BCUT2D eigenvalue weighted by molar-refractivity contribution is 5.35. The van der Waals surface area contributed by atoms with E-state index < -0.39 is 11.7 Å². The molecule has 0 saturated heterocycles. The third-order valence-electron chi connectivity index (χ3n) is 2.56. The molecule has 1 aromatic rings. The Morgan fingerprint density at radius 1 is 1.25 bits per heavy atom. The number of benzene rings is 1. The smallest absolute Gasteiger partial charge is 0.416 e. The summed E-state index contributed by atoms with van der Waals surface area (Å²) in [5.41, 5.74) is -0.0704. The second-order valence-electron chi connectivity index (χ2n) is 4.29. The van der Waals surface area contributed by atoms with E-state index in [1.54, 1.807) is 13.0 Å². The minimum atomic E-state index is -4.30. The van der Waals surface area contributed by atoms with Crippen LogP contribution < -0.4 is 4.74 Å². The van der Waals surface area contributed by atoms with Crippen LogP contribution in [0.3, 0.4) is 0 Å². The SMILES string of the molecule is Cc1cc(OCC2CC2)cc(C(F)(F)F)c1. The molecule has 0 N–H and O–H groups in total. The molecule has 1 aliphatic carbocycles. The molecule has 0 bridgehead atoms. The summed E-state index contributed by atoms with van der Waals surface area (Å²) in [5, 5.41) is 0. The minimum absolute atomic E-state index is 0.319. The van der Waals surface area contributed by atoms with Gasteiger partial charge in [0, 0.05) is 0 Å². The first kappa shape index (κ1) is 11.3. The lowest BCUT2D eigenvalue weighted by Crippen LogP contribution is -2.07. The van der Waals surface area contributed by atoms with Gasteiger partial charge in [0.1, 0.15) is 5.75 Å². The Morgan fingerprint density at radius 3 is 2.50 bits per heavy atom. The van der Waals surface area contributed by atoms with Crippen LogP contribution in [0.4, 0.5) is 13.2 Å². The van der Waals surface area contributed by atoms with Crippen molar-refractivity contribution >= 4 is 0 Å². The lowest BCUT2D eigenvalue weighted by molar-refractivity contribution is -0.137. The summed E-state index contributed by atoms with van der Waals surface area (Å²) in [4.78, 5) is 0. The number of halogens is 3. The van der Waals surface area contributed by atoms with Gasteiger partial charge in [0.15, 0.2) is 0 Å². The first-order valence-corrected chi connectivity index (χ1v) is 5.27. The van der Waals surface area contributed by atoms with Gasteiger partial charge >= 0.3 is 6.18 Å². The van der Waals surface area contributed by atoms with E-state index in [1.165, 1.54) is 0 Å². The number of alkyl halides is 3. The van der Waals surface area contributed by atoms with Crippen LogP contribution in [0, 0.1) is 12.8 Å². The van der Waals surface area contributed by atoms with Crippen LogP contribution in [-0.2, 0) is 6.18 Å². The number of ether oxygens (including phenoxy) is 1. The zero-order valence-electron chi connectivity index (χ0n) is 8.97. The Hall–Kier alpha value is -1.19. The molecule has 1 nitrogen and oxygen atoms in total. The predicted molar refractivity (Wildman–Crippen MR) is 54.4 cm³/mol. The van der Waals surface area contributed by atoms with Crippen LogP contribution >= 0.6 is 0 Å². The van der Waals surface area contributed by atoms with Crippen LogP contribution in [0.2, 0.25) is 0 Å². The van der Waals surface area contributed by atoms with Crippen molar-refractivity contribution in [2.45, 2.75) is 25.9 Å². The summed E-state index contributed by atoms with van der Waals surface area (Å²) in [5.74, 6) is 0.856. The topological polar surface area (TPSA) is 9.23 Å². The summed E-state index contributed by atoms with van der Waals surface area (Å²) in [6.45, 7) is 2.17. The van der Waals surface area contributed by atoms with Gasteiger partial charge in [-0.1, -0.05) is 0 Å². The van der Waals surface area contributed by atoms with E-state index in [2.05, 4.69) is 0 Å². The van der Waals surface area contributed by atoms with Gasteiger partial charge in [-0.3, -0.25) is 0 Å². The minimum Gasteiger partial charge on any atom is -0.493 e. The zero-order valence-corrected chi connectivity index (χ0v) is 8.97. The molecule has 1 fully saturated rings. The molecule has 1 saturated carbocycles. The standard InChI is InChI=1S/C12H13F3O/c1-8-4-10(12(13,14)15)6-11(5-8)16-7-9-2-3-9/h4-6,9H,2-3,7H2,1H3. The first-order chi connectivity index (χ1) is 7.45. The van der Waals surface area contributed by atoms with Gasteiger partial charge in [0.25, 0.3) is 0 Å². The normalized spacial score (nSPS) is 16.2. The van der Waals surface area contributed by atoms with E-state index in [1.807, 2.05) is 0 Å². The van der Waals surface area contributed by atoms with Crippen LogP contribution in [0.5, 0.6) is 5.75 Å². The Balaban J connectivity index is 2.14. The number of rotatable bonds is 3. The largest absolute Gasteiger partial charge is 0.493 e. The van der Waals surface area contributed by atoms with E-state index in [-0.39, 0.29) is 0 Å². The van der Waals surface area contributed by atoms with Gasteiger partial charge in [0.2, 0.25) is 0 Å². The summed E-state index contributed by atoms with van der Waals surface area (Å²) in [6, 6.07) is 3.83. The number of hydrogen-bond acceptors (Lipinski definition) is 1. The monoisotopic (exact) mass is 230 g/mol. The molecule has 0 amide bonds. The molecule has 0 heterocycles. The van der Waals surface area contributed by atoms with E-state index >= 15 is 0 Å². The van der Waals surface area contributed by atoms with Crippen molar-refractivity contribution in [3.05, 3.63) is 29.3 Å². The highest BCUT2D eigenvalue weighted by Crippen LogP contribution is 2.34. The van der Waals surface area contributed by atoms with Crippen molar-refractivity contribution in [1.29, 1.82) is 0 Å². The molecule has 1 aromatic carbocycles. The summed E-state index contributed by atoms with van der Waals surface area (Å²) >= 11 is 0. The Morgan fingerprint density at radius 2 is 1.94 bits per heavy atom. The molecule has 16 heavy (non-hydrogen) atoms. The Labute approximate surface area is 92.2 Å². The molecule has 0 spiro atoms. The molecule has 0 aromatic heterocycles. The molecule has 0 atom stereocenters. The third-order valence-corrected chi connectivity index (χ3v) is 2.56. The lowest BCUT2D eigenvalue weighted by atomic mass is 10.1. The van der Waals surface area contributed by atoms with Gasteiger partial charge in [-0.15, -0.1) is 0 Å². The molecular formula is C12H13F3O. The average molecular weight is 230 g/mol. The molecule has 0 radical (unpaired) electrons. The molecule has 88 valence electrons. The van der Waals surface area contributed by atoms with E-state index in [0.717, 1.165) is 25.0 Å². The second kappa shape index (κ2) is 4.00. The predicted octanol–water partition coefficient (Wildman–Crippen LogP) is 3.80. The molecule has 2 rings (SSSR count). The van der Waals surface area contributed by atoms with Gasteiger partial charge in [-0.25, -0.2) is 0 Å². The third kappa shape index (κ3) is 2.90. The lowest BCUT2D eigenvalue weighted by Gasteiger charge is -2.11. The van der Waals surface area contributed by atoms with Crippen molar-refractivity contribution in [2.24, 2.45) is 5.92 Å². The highest BCUT2D eigenvalue weighted by atomic mass is 19.4. The molecule has 0 unspecified atom stereocenters. The highest BCUT2D eigenvalue weighted by Gasteiger charge is 2.31. The number of hydrogen-bond donors (Lipinski definition) is 0. The maximum absolute atomic E-state index is 12.5. The summed E-state index contributed by atoms with van der Waals surface area (Å²) in [6.07, 6.45) is -2.06. The van der Waals surface area contributed by atoms with Crippen molar-refractivity contribution in [2.75, 3.05) is 6.61 Å². The van der Waals surface area contributed by atoms with Crippen LogP contribution in [0.1, 0.15) is 24.0 Å². The molecular weight excluding hydrogens is 217 g/mol. The fourth-order valence-electron chi connectivity index (χ4n) is 1.49.